The van der Waals surface area contributed by atoms with Crippen LogP contribution in [0.3, 0.4) is 0 Å². The van der Waals surface area contributed by atoms with E-state index in [-0.39, 0.29) is 17.6 Å². The van der Waals surface area contributed by atoms with Gasteiger partial charge in [0.2, 0.25) is 0 Å². The van der Waals surface area contributed by atoms with E-state index in [9.17, 15) is 14.9 Å². The number of nitrogens with zero attached hydrogens (tertiary/aromatic N) is 2. The molecule has 2 rings (SSSR count). The van der Waals surface area contributed by atoms with Crippen LogP contribution in [0.2, 0.25) is 0 Å². The van der Waals surface area contributed by atoms with Crippen LogP contribution in [0, 0.1) is 17.0 Å². The van der Waals surface area contributed by atoms with Gasteiger partial charge in [0, 0.05) is 36.3 Å². The SMILES string of the molecule is Cc1c(C(=O)N2CCCCC2CN)cccc1[N+](=O)[O-]. The molecule has 2 N–H and O–H groups in total. The van der Waals surface area contributed by atoms with Gasteiger partial charge in [-0.05, 0) is 32.3 Å². The second-order valence-electron chi connectivity index (χ2n) is 5.09. The van der Waals surface area contributed by atoms with Gasteiger partial charge in [-0.3, -0.25) is 14.9 Å². The molecule has 0 aliphatic carbocycles. The number of carbonyl (C=O) groups excluding carboxylic acids is 1. The number of carbonyl (C=O) groups is 1. The molecular formula is C14H19N3O3. The molecule has 0 saturated carbocycles. The summed E-state index contributed by atoms with van der Waals surface area (Å²) in [6, 6.07) is 4.66. The van der Waals surface area contributed by atoms with E-state index in [1.165, 1.54) is 6.07 Å². The Morgan fingerprint density at radius 3 is 2.90 bits per heavy atom. The molecule has 1 aromatic rings. The third kappa shape index (κ3) is 2.65. The van der Waals surface area contributed by atoms with E-state index >= 15 is 0 Å². The van der Waals surface area contributed by atoms with E-state index < -0.39 is 4.92 Å². The maximum absolute atomic E-state index is 12.6. The fourth-order valence-corrected chi connectivity index (χ4v) is 2.72. The first-order chi connectivity index (χ1) is 9.56. The minimum absolute atomic E-state index is 0.0165. The van der Waals surface area contributed by atoms with E-state index in [1.54, 1.807) is 24.0 Å². The molecule has 1 atom stereocenters. The highest BCUT2D eigenvalue weighted by Crippen LogP contribution is 2.25. The molecule has 6 heteroatoms. The van der Waals surface area contributed by atoms with Crippen LogP contribution in [0.5, 0.6) is 0 Å². The van der Waals surface area contributed by atoms with Gasteiger partial charge in [-0.25, -0.2) is 0 Å². The predicted octanol–water partition coefficient (Wildman–Crippen LogP) is 1.86. The fourth-order valence-electron chi connectivity index (χ4n) is 2.72. The molecule has 1 saturated heterocycles. The first-order valence-electron chi connectivity index (χ1n) is 6.81. The Morgan fingerprint density at radius 2 is 2.25 bits per heavy atom. The molecule has 1 fully saturated rings. The van der Waals surface area contributed by atoms with Crippen molar-refractivity contribution >= 4 is 11.6 Å². The molecule has 1 aliphatic heterocycles. The number of nitro groups is 1. The van der Waals surface area contributed by atoms with Crippen LogP contribution in [0.4, 0.5) is 5.69 Å². The lowest BCUT2D eigenvalue weighted by atomic mass is 9.99. The second kappa shape index (κ2) is 6.00. The Morgan fingerprint density at radius 1 is 1.50 bits per heavy atom. The van der Waals surface area contributed by atoms with Gasteiger partial charge in [0.25, 0.3) is 11.6 Å². The van der Waals surface area contributed by atoms with Crippen molar-refractivity contribution < 1.29 is 9.72 Å². The van der Waals surface area contributed by atoms with Crippen molar-refractivity contribution in [2.75, 3.05) is 13.1 Å². The monoisotopic (exact) mass is 277 g/mol. The van der Waals surface area contributed by atoms with Gasteiger partial charge in [-0.15, -0.1) is 0 Å². The number of hydrogen-bond acceptors (Lipinski definition) is 4. The molecular weight excluding hydrogens is 258 g/mol. The van der Waals surface area contributed by atoms with Crippen molar-refractivity contribution in [1.82, 2.24) is 4.90 Å². The lowest BCUT2D eigenvalue weighted by Crippen LogP contribution is -2.47. The normalized spacial score (nSPS) is 18.9. The number of amides is 1. The van der Waals surface area contributed by atoms with Crippen LogP contribution >= 0.6 is 0 Å². The zero-order valence-corrected chi connectivity index (χ0v) is 11.5. The van der Waals surface area contributed by atoms with Crippen LogP contribution in [0.1, 0.15) is 35.2 Å². The van der Waals surface area contributed by atoms with Gasteiger partial charge in [-0.1, -0.05) is 6.07 Å². The molecule has 6 nitrogen and oxygen atoms in total. The van der Waals surface area contributed by atoms with Gasteiger partial charge in [0.15, 0.2) is 0 Å². The number of rotatable bonds is 3. The van der Waals surface area contributed by atoms with Crippen LogP contribution < -0.4 is 5.73 Å². The summed E-state index contributed by atoms with van der Waals surface area (Å²) in [5.41, 5.74) is 6.53. The van der Waals surface area contributed by atoms with Crippen LogP contribution in [0.25, 0.3) is 0 Å². The average Bonchev–Trinajstić information content (AvgIpc) is 2.46. The largest absolute Gasteiger partial charge is 0.334 e. The Hall–Kier alpha value is -1.95. The minimum Gasteiger partial charge on any atom is -0.334 e. The molecule has 0 spiro atoms. The molecule has 0 bridgehead atoms. The van der Waals surface area contributed by atoms with Crippen molar-refractivity contribution in [2.45, 2.75) is 32.2 Å². The number of nitro benzene ring substituents is 1. The molecule has 0 aromatic heterocycles. The first-order valence-corrected chi connectivity index (χ1v) is 6.81. The number of benzene rings is 1. The molecule has 1 aromatic carbocycles. The number of hydrogen-bond donors (Lipinski definition) is 1. The van der Waals surface area contributed by atoms with E-state index in [1.807, 2.05) is 0 Å². The molecule has 0 radical (unpaired) electrons. The Kier molecular flexibility index (Phi) is 4.34. The summed E-state index contributed by atoms with van der Waals surface area (Å²) in [6.07, 6.45) is 2.92. The molecule has 1 aliphatic rings. The maximum atomic E-state index is 12.6. The Balaban J connectivity index is 2.33. The number of likely N-dealkylation sites (tertiary alicyclic amines) is 1. The zero-order valence-electron chi connectivity index (χ0n) is 11.5. The zero-order chi connectivity index (χ0) is 14.7. The fraction of sp³-hybridized carbons (Fsp3) is 0.500. The molecule has 1 unspecified atom stereocenters. The molecule has 1 heterocycles. The van der Waals surface area contributed by atoms with Crippen molar-refractivity contribution in [1.29, 1.82) is 0 Å². The smallest absolute Gasteiger partial charge is 0.273 e. The minimum atomic E-state index is -0.456. The molecule has 1 amide bonds. The van der Waals surface area contributed by atoms with Gasteiger partial charge >= 0.3 is 0 Å². The third-order valence-corrected chi connectivity index (χ3v) is 3.89. The van der Waals surface area contributed by atoms with Gasteiger partial charge < -0.3 is 10.6 Å². The summed E-state index contributed by atoms with van der Waals surface area (Å²) in [5.74, 6) is -0.152. The summed E-state index contributed by atoms with van der Waals surface area (Å²) in [4.78, 5) is 24.9. The highest BCUT2D eigenvalue weighted by molar-refractivity contribution is 5.96. The van der Waals surface area contributed by atoms with E-state index in [2.05, 4.69) is 0 Å². The number of nitrogens with two attached hydrogens (primary N) is 1. The van der Waals surface area contributed by atoms with E-state index in [0.717, 1.165) is 19.3 Å². The van der Waals surface area contributed by atoms with Crippen LogP contribution in [0.15, 0.2) is 18.2 Å². The first kappa shape index (κ1) is 14.5. The van der Waals surface area contributed by atoms with Crippen LogP contribution in [-0.4, -0.2) is 34.9 Å². The van der Waals surface area contributed by atoms with Crippen molar-refractivity contribution in [3.63, 3.8) is 0 Å². The Labute approximate surface area is 117 Å². The van der Waals surface area contributed by atoms with Crippen molar-refractivity contribution in [3.8, 4) is 0 Å². The summed E-state index contributed by atoms with van der Waals surface area (Å²) < 4.78 is 0. The average molecular weight is 277 g/mol. The van der Waals surface area contributed by atoms with Gasteiger partial charge in [0.05, 0.1) is 4.92 Å². The highest BCUT2D eigenvalue weighted by atomic mass is 16.6. The highest BCUT2D eigenvalue weighted by Gasteiger charge is 2.28. The summed E-state index contributed by atoms with van der Waals surface area (Å²) in [7, 11) is 0. The van der Waals surface area contributed by atoms with E-state index in [0.29, 0.717) is 24.2 Å². The van der Waals surface area contributed by atoms with Gasteiger partial charge in [-0.2, -0.15) is 0 Å². The predicted molar refractivity (Wildman–Crippen MR) is 75.6 cm³/mol. The summed E-state index contributed by atoms with van der Waals surface area (Å²) in [6.45, 7) is 2.72. The van der Waals surface area contributed by atoms with Crippen molar-refractivity contribution in [3.05, 3.63) is 39.4 Å². The van der Waals surface area contributed by atoms with Crippen LogP contribution in [-0.2, 0) is 0 Å². The maximum Gasteiger partial charge on any atom is 0.273 e. The van der Waals surface area contributed by atoms with Crippen molar-refractivity contribution in [2.24, 2.45) is 5.73 Å². The topological polar surface area (TPSA) is 89.5 Å². The summed E-state index contributed by atoms with van der Waals surface area (Å²) in [5, 5.41) is 11.0. The number of piperidine rings is 1. The summed E-state index contributed by atoms with van der Waals surface area (Å²) >= 11 is 0. The lowest BCUT2D eigenvalue weighted by Gasteiger charge is -2.35. The quantitative estimate of drug-likeness (QED) is 0.674. The van der Waals surface area contributed by atoms with Gasteiger partial charge in [0.1, 0.15) is 0 Å². The lowest BCUT2D eigenvalue weighted by molar-refractivity contribution is -0.385. The second-order valence-corrected chi connectivity index (χ2v) is 5.09. The Bertz CT molecular complexity index is 530. The standard InChI is InChI=1S/C14H19N3O3/c1-10-12(6-4-7-13(10)17(19)20)14(18)16-8-3-2-5-11(16)9-15/h4,6-7,11H,2-3,5,8-9,15H2,1H3. The third-order valence-electron chi connectivity index (χ3n) is 3.89. The molecule has 108 valence electrons. The van der Waals surface area contributed by atoms with E-state index in [4.69, 9.17) is 5.73 Å². The molecule has 20 heavy (non-hydrogen) atoms.